The van der Waals surface area contributed by atoms with Crippen LogP contribution in [-0.2, 0) is 4.79 Å². The molecular formula is C16H25N3O. The van der Waals surface area contributed by atoms with E-state index in [1.54, 1.807) is 0 Å². The van der Waals surface area contributed by atoms with Crippen LogP contribution >= 0.6 is 0 Å². The van der Waals surface area contributed by atoms with E-state index in [4.69, 9.17) is 0 Å². The van der Waals surface area contributed by atoms with Gasteiger partial charge >= 0.3 is 0 Å². The van der Waals surface area contributed by atoms with Gasteiger partial charge in [-0.1, -0.05) is 18.2 Å². The Bertz CT molecular complexity index is 435. The molecule has 0 aromatic heterocycles. The molecule has 4 nitrogen and oxygen atoms in total. The minimum atomic E-state index is 0.180. The van der Waals surface area contributed by atoms with Crippen molar-refractivity contribution in [2.45, 2.75) is 32.9 Å². The number of nitrogens with one attached hydrogen (secondary N) is 1. The molecule has 110 valence electrons. The SMILES string of the molecule is CCN(C(=O)CN1CC(C)NCC1C)c1ccccc1. The number of carbonyl (C=O) groups is 1. The molecule has 1 aromatic carbocycles. The van der Waals surface area contributed by atoms with Gasteiger partial charge < -0.3 is 10.2 Å². The van der Waals surface area contributed by atoms with Crippen molar-refractivity contribution in [1.29, 1.82) is 0 Å². The first-order valence-electron chi connectivity index (χ1n) is 7.44. The van der Waals surface area contributed by atoms with Gasteiger partial charge in [0, 0.05) is 37.4 Å². The second-order valence-corrected chi connectivity index (χ2v) is 5.56. The highest BCUT2D eigenvalue weighted by Crippen LogP contribution is 2.14. The lowest BCUT2D eigenvalue weighted by atomic mass is 10.1. The van der Waals surface area contributed by atoms with E-state index in [2.05, 4.69) is 24.1 Å². The third-order valence-electron chi connectivity index (χ3n) is 3.92. The standard InChI is InChI=1S/C16H25N3O/c1-4-19(15-8-6-5-7-9-15)16(20)12-18-11-13(2)17-10-14(18)3/h5-9,13-14,17H,4,10-12H2,1-3H3. The fourth-order valence-corrected chi connectivity index (χ4v) is 2.69. The van der Waals surface area contributed by atoms with E-state index in [1.807, 2.05) is 42.2 Å². The number of likely N-dealkylation sites (N-methyl/N-ethyl adjacent to an activating group) is 1. The predicted octanol–water partition coefficient (Wildman–Crippen LogP) is 1.72. The average Bonchev–Trinajstić information content (AvgIpc) is 2.45. The Kier molecular flexibility index (Phi) is 5.15. The molecule has 0 radical (unpaired) electrons. The summed E-state index contributed by atoms with van der Waals surface area (Å²) in [7, 11) is 0. The van der Waals surface area contributed by atoms with Crippen molar-refractivity contribution < 1.29 is 4.79 Å². The number of nitrogens with zero attached hydrogens (tertiary/aromatic N) is 2. The third kappa shape index (κ3) is 3.58. The average molecular weight is 275 g/mol. The zero-order chi connectivity index (χ0) is 14.5. The fourth-order valence-electron chi connectivity index (χ4n) is 2.69. The largest absolute Gasteiger partial charge is 0.312 e. The molecule has 0 spiro atoms. The quantitative estimate of drug-likeness (QED) is 0.909. The van der Waals surface area contributed by atoms with Gasteiger partial charge in [0.1, 0.15) is 0 Å². The number of anilines is 1. The lowest BCUT2D eigenvalue weighted by Gasteiger charge is -2.38. The molecule has 1 N–H and O–H groups in total. The molecule has 20 heavy (non-hydrogen) atoms. The van der Waals surface area contributed by atoms with Gasteiger partial charge in [-0.25, -0.2) is 0 Å². The zero-order valence-corrected chi connectivity index (χ0v) is 12.7. The third-order valence-corrected chi connectivity index (χ3v) is 3.92. The van der Waals surface area contributed by atoms with E-state index >= 15 is 0 Å². The smallest absolute Gasteiger partial charge is 0.241 e. The number of amides is 1. The molecule has 2 atom stereocenters. The Morgan fingerprint density at radius 1 is 1.35 bits per heavy atom. The summed E-state index contributed by atoms with van der Waals surface area (Å²) in [6, 6.07) is 10.8. The first-order valence-corrected chi connectivity index (χ1v) is 7.44. The van der Waals surface area contributed by atoms with Crippen molar-refractivity contribution in [1.82, 2.24) is 10.2 Å². The molecular weight excluding hydrogens is 250 g/mol. The van der Waals surface area contributed by atoms with Gasteiger partial charge in [0.05, 0.1) is 6.54 Å². The second-order valence-electron chi connectivity index (χ2n) is 5.56. The van der Waals surface area contributed by atoms with Crippen LogP contribution in [0.4, 0.5) is 5.69 Å². The van der Waals surface area contributed by atoms with Gasteiger partial charge in [0.2, 0.25) is 5.91 Å². The molecule has 2 rings (SSSR count). The van der Waals surface area contributed by atoms with Gasteiger partial charge in [0.25, 0.3) is 0 Å². The minimum Gasteiger partial charge on any atom is -0.312 e. The summed E-state index contributed by atoms with van der Waals surface area (Å²) in [5, 5.41) is 3.44. The number of hydrogen-bond acceptors (Lipinski definition) is 3. The number of para-hydroxylation sites is 1. The molecule has 0 aliphatic carbocycles. The summed E-state index contributed by atoms with van der Waals surface area (Å²) in [6.07, 6.45) is 0. The lowest BCUT2D eigenvalue weighted by molar-refractivity contribution is -0.120. The molecule has 1 saturated heterocycles. The van der Waals surface area contributed by atoms with Crippen molar-refractivity contribution in [2.75, 3.05) is 31.1 Å². The number of benzene rings is 1. The minimum absolute atomic E-state index is 0.180. The monoisotopic (exact) mass is 275 g/mol. The lowest BCUT2D eigenvalue weighted by Crippen LogP contribution is -2.56. The first kappa shape index (κ1) is 15.0. The van der Waals surface area contributed by atoms with Crippen molar-refractivity contribution in [3.8, 4) is 0 Å². The van der Waals surface area contributed by atoms with Gasteiger partial charge in [-0.3, -0.25) is 9.69 Å². The summed E-state index contributed by atoms with van der Waals surface area (Å²) in [4.78, 5) is 16.7. The molecule has 1 amide bonds. The second kappa shape index (κ2) is 6.86. The number of piperazine rings is 1. The van der Waals surface area contributed by atoms with Crippen molar-refractivity contribution in [3.63, 3.8) is 0 Å². The Hall–Kier alpha value is -1.39. The van der Waals surface area contributed by atoms with Gasteiger partial charge in [-0.05, 0) is 32.9 Å². The summed E-state index contributed by atoms with van der Waals surface area (Å²) < 4.78 is 0. The van der Waals surface area contributed by atoms with Crippen LogP contribution in [-0.4, -0.2) is 49.1 Å². The Balaban J connectivity index is 2.02. The molecule has 0 bridgehead atoms. The van der Waals surface area contributed by atoms with Crippen molar-refractivity contribution in [3.05, 3.63) is 30.3 Å². The van der Waals surface area contributed by atoms with E-state index < -0.39 is 0 Å². The van der Waals surface area contributed by atoms with E-state index in [1.165, 1.54) is 0 Å². The normalized spacial score (nSPS) is 23.6. The van der Waals surface area contributed by atoms with E-state index in [0.717, 1.165) is 18.8 Å². The van der Waals surface area contributed by atoms with Gasteiger partial charge in [0.15, 0.2) is 0 Å². The molecule has 1 heterocycles. The van der Waals surface area contributed by atoms with Crippen LogP contribution in [0, 0.1) is 0 Å². The van der Waals surface area contributed by atoms with Crippen LogP contribution in [0.5, 0.6) is 0 Å². The number of hydrogen-bond donors (Lipinski definition) is 1. The molecule has 1 aromatic rings. The molecule has 2 unspecified atom stereocenters. The predicted molar refractivity (Wildman–Crippen MR) is 83.0 cm³/mol. The topological polar surface area (TPSA) is 35.6 Å². The highest BCUT2D eigenvalue weighted by molar-refractivity contribution is 5.94. The van der Waals surface area contributed by atoms with Gasteiger partial charge in [-0.2, -0.15) is 0 Å². The number of carbonyl (C=O) groups excluding carboxylic acids is 1. The van der Waals surface area contributed by atoms with Crippen LogP contribution in [0.25, 0.3) is 0 Å². The van der Waals surface area contributed by atoms with Crippen LogP contribution in [0.1, 0.15) is 20.8 Å². The summed E-state index contributed by atoms with van der Waals surface area (Å²) in [5.74, 6) is 0.180. The highest BCUT2D eigenvalue weighted by atomic mass is 16.2. The molecule has 1 aliphatic heterocycles. The van der Waals surface area contributed by atoms with E-state index in [0.29, 0.717) is 25.2 Å². The molecule has 1 aliphatic rings. The summed E-state index contributed by atoms with van der Waals surface area (Å²) in [5.41, 5.74) is 0.982. The summed E-state index contributed by atoms with van der Waals surface area (Å²) >= 11 is 0. The van der Waals surface area contributed by atoms with Gasteiger partial charge in [-0.15, -0.1) is 0 Å². The molecule has 4 heteroatoms. The summed E-state index contributed by atoms with van der Waals surface area (Å²) in [6.45, 7) is 9.44. The molecule has 1 fully saturated rings. The van der Waals surface area contributed by atoms with Crippen LogP contribution in [0.2, 0.25) is 0 Å². The van der Waals surface area contributed by atoms with Crippen LogP contribution < -0.4 is 10.2 Å². The van der Waals surface area contributed by atoms with Crippen LogP contribution in [0.15, 0.2) is 30.3 Å². The highest BCUT2D eigenvalue weighted by Gasteiger charge is 2.26. The van der Waals surface area contributed by atoms with Crippen molar-refractivity contribution >= 4 is 11.6 Å². The maximum atomic E-state index is 12.6. The maximum absolute atomic E-state index is 12.6. The van der Waals surface area contributed by atoms with Crippen LogP contribution in [0.3, 0.4) is 0 Å². The molecule has 0 saturated carbocycles. The Morgan fingerprint density at radius 2 is 2.05 bits per heavy atom. The fraction of sp³-hybridized carbons (Fsp3) is 0.562. The Labute approximate surface area is 121 Å². The number of rotatable bonds is 4. The van der Waals surface area contributed by atoms with E-state index in [9.17, 15) is 4.79 Å². The first-order chi connectivity index (χ1) is 9.61. The maximum Gasteiger partial charge on any atom is 0.241 e. The zero-order valence-electron chi connectivity index (χ0n) is 12.7. The van der Waals surface area contributed by atoms with E-state index in [-0.39, 0.29) is 5.91 Å². The Morgan fingerprint density at radius 3 is 2.70 bits per heavy atom. The van der Waals surface area contributed by atoms with Crippen molar-refractivity contribution in [2.24, 2.45) is 0 Å².